The van der Waals surface area contributed by atoms with Gasteiger partial charge in [0.2, 0.25) is 0 Å². The normalized spacial score (nSPS) is 15.2. The molecule has 30 heavy (non-hydrogen) atoms. The van der Waals surface area contributed by atoms with E-state index >= 15 is 0 Å². The molecular formula is C20H16BrN3O6. The number of barbiturate groups is 1. The molecular weight excluding hydrogens is 458 g/mol. The number of primary amides is 1. The van der Waals surface area contributed by atoms with E-state index in [0.717, 1.165) is 9.37 Å². The number of nitrogens with one attached hydrogen (secondary N) is 1. The molecule has 1 aliphatic rings. The monoisotopic (exact) mass is 473 g/mol. The van der Waals surface area contributed by atoms with Gasteiger partial charge >= 0.3 is 6.03 Å². The molecule has 0 radical (unpaired) electrons. The van der Waals surface area contributed by atoms with E-state index < -0.39 is 23.8 Å². The Morgan fingerprint density at radius 2 is 1.83 bits per heavy atom. The van der Waals surface area contributed by atoms with Gasteiger partial charge in [-0.2, -0.15) is 0 Å². The van der Waals surface area contributed by atoms with Crippen LogP contribution >= 0.6 is 15.9 Å². The van der Waals surface area contributed by atoms with Crippen LogP contribution in [-0.4, -0.2) is 37.5 Å². The number of urea groups is 1. The second-order valence-electron chi connectivity index (χ2n) is 6.10. The third-order valence-corrected chi connectivity index (χ3v) is 4.58. The Morgan fingerprint density at radius 1 is 1.13 bits per heavy atom. The molecule has 1 fully saturated rings. The van der Waals surface area contributed by atoms with Crippen molar-refractivity contribution in [1.29, 1.82) is 0 Å². The third-order valence-electron chi connectivity index (χ3n) is 4.06. The Labute approximate surface area is 179 Å². The first-order valence-corrected chi connectivity index (χ1v) is 9.35. The highest BCUT2D eigenvalue weighted by molar-refractivity contribution is 9.10. The summed E-state index contributed by atoms with van der Waals surface area (Å²) in [5.74, 6) is -1.68. The Morgan fingerprint density at radius 3 is 2.47 bits per heavy atom. The Kier molecular flexibility index (Phi) is 6.17. The highest BCUT2D eigenvalue weighted by Gasteiger charge is 2.36. The summed E-state index contributed by atoms with van der Waals surface area (Å²) in [6.45, 7) is -0.331. The van der Waals surface area contributed by atoms with Crippen LogP contribution in [0.25, 0.3) is 6.08 Å². The van der Waals surface area contributed by atoms with Gasteiger partial charge in [-0.25, -0.2) is 9.69 Å². The van der Waals surface area contributed by atoms with Crippen molar-refractivity contribution >= 4 is 51.4 Å². The van der Waals surface area contributed by atoms with Gasteiger partial charge in [-0.05, 0) is 48.0 Å². The van der Waals surface area contributed by atoms with Crippen LogP contribution in [0.15, 0.2) is 52.5 Å². The van der Waals surface area contributed by atoms with Gasteiger partial charge in [0.25, 0.3) is 17.7 Å². The van der Waals surface area contributed by atoms with Gasteiger partial charge in [-0.1, -0.05) is 22.0 Å². The minimum atomic E-state index is -0.836. The van der Waals surface area contributed by atoms with Crippen LogP contribution in [-0.2, 0) is 14.4 Å². The van der Waals surface area contributed by atoms with E-state index in [-0.39, 0.29) is 23.7 Å². The average Bonchev–Trinajstić information content (AvgIpc) is 2.71. The molecule has 2 aromatic carbocycles. The highest BCUT2D eigenvalue weighted by Crippen LogP contribution is 2.30. The van der Waals surface area contributed by atoms with E-state index in [0.29, 0.717) is 11.3 Å². The molecule has 1 aliphatic heterocycles. The first-order chi connectivity index (χ1) is 14.3. The van der Waals surface area contributed by atoms with Gasteiger partial charge in [0.05, 0.1) is 12.8 Å². The van der Waals surface area contributed by atoms with E-state index in [1.807, 2.05) is 0 Å². The van der Waals surface area contributed by atoms with E-state index in [2.05, 4.69) is 21.2 Å². The molecule has 0 saturated carbocycles. The fraction of sp³-hybridized carbons (Fsp3) is 0.100. The number of methoxy groups -OCH3 is 1. The van der Waals surface area contributed by atoms with Gasteiger partial charge < -0.3 is 15.2 Å². The molecule has 9 nitrogen and oxygen atoms in total. The number of amides is 5. The maximum Gasteiger partial charge on any atom is 0.335 e. The number of hydrogen-bond donors (Lipinski definition) is 2. The topological polar surface area (TPSA) is 128 Å². The number of nitrogens with two attached hydrogens (primary N) is 1. The predicted octanol–water partition coefficient (Wildman–Crippen LogP) is 1.99. The fourth-order valence-corrected chi connectivity index (χ4v) is 2.96. The lowest BCUT2D eigenvalue weighted by atomic mass is 10.1. The summed E-state index contributed by atoms with van der Waals surface area (Å²) in [5.41, 5.74) is 5.59. The number of ether oxygens (including phenoxy) is 2. The van der Waals surface area contributed by atoms with E-state index in [1.54, 1.807) is 30.3 Å². The van der Waals surface area contributed by atoms with Crippen LogP contribution in [0, 0.1) is 0 Å². The van der Waals surface area contributed by atoms with Crippen LogP contribution in [0.1, 0.15) is 5.56 Å². The Hall–Kier alpha value is -3.66. The molecule has 1 heterocycles. The summed E-state index contributed by atoms with van der Waals surface area (Å²) in [4.78, 5) is 49.2. The maximum atomic E-state index is 12.9. The summed E-state index contributed by atoms with van der Waals surface area (Å²) >= 11 is 3.29. The fourth-order valence-electron chi connectivity index (χ4n) is 2.69. The molecule has 0 atom stereocenters. The van der Waals surface area contributed by atoms with E-state index in [4.69, 9.17) is 15.2 Å². The second-order valence-corrected chi connectivity index (χ2v) is 7.02. The van der Waals surface area contributed by atoms with Crippen molar-refractivity contribution in [3.8, 4) is 11.5 Å². The number of hydrogen-bond acceptors (Lipinski definition) is 6. The smallest absolute Gasteiger partial charge is 0.335 e. The average molecular weight is 474 g/mol. The molecule has 3 rings (SSSR count). The minimum Gasteiger partial charge on any atom is -0.493 e. The maximum absolute atomic E-state index is 12.9. The SMILES string of the molecule is COc1cc(/C=C2/C(=O)NC(=O)N(c3ccc(Br)cc3)C2=O)ccc1OCC(N)=O. The third kappa shape index (κ3) is 4.49. The van der Waals surface area contributed by atoms with Crippen LogP contribution in [0.3, 0.4) is 0 Å². The Bertz CT molecular complexity index is 1060. The zero-order valence-corrected chi connectivity index (χ0v) is 17.3. The number of imide groups is 2. The first-order valence-electron chi connectivity index (χ1n) is 8.56. The predicted molar refractivity (Wildman–Crippen MR) is 111 cm³/mol. The second kappa shape index (κ2) is 8.78. The van der Waals surface area contributed by atoms with Crippen molar-refractivity contribution in [1.82, 2.24) is 5.32 Å². The van der Waals surface area contributed by atoms with Crippen molar-refractivity contribution in [3.63, 3.8) is 0 Å². The number of benzene rings is 2. The molecule has 2 aromatic rings. The quantitative estimate of drug-likeness (QED) is 0.487. The summed E-state index contributed by atoms with van der Waals surface area (Å²) in [5, 5.41) is 2.16. The lowest BCUT2D eigenvalue weighted by molar-refractivity contribution is -0.123. The number of carbonyl (C=O) groups is 4. The zero-order chi connectivity index (χ0) is 21.8. The number of halogens is 1. The van der Waals surface area contributed by atoms with Crippen LogP contribution < -0.4 is 25.4 Å². The highest BCUT2D eigenvalue weighted by atomic mass is 79.9. The minimum absolute atomic E-state index is 0.231. The standard InChI is InChI=1S/C20H16BrN3O6/c1-29-16-9-11(2-7-15(16)30-10-17(22)25)8-14-18(26)23-20(28)24(19(14)27)13-5-3-12(21)4-6-13/h2-9H,10H2,1H3,(H2,22,25)(H,23,26,28)/b14-8-. The van der Waals surface area contributed by atoms with Crippen LogP contribution in [0.2, 0.25) is 0 Å². The van der Waals surface area contributed by atoms with E-state index in [9.17, 15) is 19.2 Å². The molecule has 0 aliphatic carbocycles. The number of rotatable bonds is 6. The molecule has 0 aromatic heterocycles. The molecule has 0 spiro atoms. The summed E-state index contributed by atoms with van der Waals surface area (Å²) in [6.07, 6.45) is 1.33. The van der Waals surface area contributed by atoms with Crippen molar-refractivity contribution in [2.75, 3.05) is 18.6 Å². The summed E-state index contributed by atoms with van der Waals surface area (Å²) in [7, 11) is 1.40. The molecule has 154 valence electrons. The van der Waals surface area contributed by atoms with Crippen molar-refractivity contribution in [2.24, 2.45) is 5.73 Å². The van der Waals surface area contributed by atoms with Gasteiger partial charge in [0.15, 0.2) is 18.1 Å². The summed E-state index contributed by atoms with van der Waals surface area (Å²) in [6, 6.07) is 10.2. The molecule has 0 unspecified atom stereocenters. The van der Waals surface area contributed by atoms with Gasteiger partial charge in [0, 0.05) is 4.47 Å². The van der Waals surface area contributed by atoms with Gasteiger partial charge in [0.1, 0.15) is 5.57 Å². The van der Waals surface area contributed by atoms with Crippen LogP contribution in [0.5, 0.6) is 11.5 Å². The van der Waals surface area contributed by atoms with Crippen molar-refractivity contribution < 1.29 is 28.7 Å². The lowest BCUT2D eigenvalue weighted by Crippen LogP contribution is -2.54. The molecule has 5 amide bonds. The van der Waals surface area contributed by atoms with Crippen molar-refractivity contribution in [3.05, 3.63) is 58.1 Å². The van der Waals surface area contributed by atoms with E-state index in [1.165, 1.54) is 25.3 Å². The first kappa shape index (κ1) is 21.1. The molecule has 1 saturated heterocycles. The number of carbonyl (C=O) groups excluding carboxylic acids is 4. The Balaban J connectivity index is 1.94. The molecule has 3 N–H and O–H groups in total. The zero-order valence-electron chi connectivity index (χ0n) is 15.7. The number of anilines is 1. The van der Waals surface area contributed by atoms with Crippen molar-refractivity contribution in [2.45, 2.75) is 0 Å². The van der Waals surface area contributed by atoms with Gasteiger partial charge in [-0.3, -0.25) is 19.7 Å². The lowest BCUT2D eigenvalue weighted by Gasteiger charge is -2.26. The van der Waals surface area contributed by atoms with Gasteiger partial charge in [-0.15, -0.1) is 0 Å². The molecule has 0 bridgehead atoms. The summed E-state index contributed by atoms with van der Waals surface area (Å²) < 4.78 is 11.2. The largest absolute Gasteiger partial charge is 0.493 e. The van der Waals surface area contributed by atoms with Crippen LogP contribution in [0.4, 0.5) is 10.5 Å². The number of nitrogens with zero attached hydrogens (tertiary/aromatic N) is 1. The molecule has 10 heteroatoms.